The van der Waals surface area contributed by atoms with Crippen LogP contribution in [0.5, 0.6) is 0 Å². The van der Waals surface area contributed by atoms with Gasteiger partial charge in [-0.2, -0.15) is 0 Å². The number of hydrogen-bond donors (Lipinski definition) is 2. The van der Waals surface area contributed by atoms with Crippen LogP contribution in [0.1, 0.15) is 9.27 Å². The van der Waals surface area contributed by atoms with E-state index in [-0.39, 0.29) is 9.46 Å². The van der Waals surface area contributed by atoms with E-state index in [1.54, 1.807) is 0 Å². The standard InChI is InChI=1S/C4H9O5P.2H2/c5-10(6,7)9-4-1-2-8-3-4;;/h4H,1-3H2,(H2,5,6,7);2*1H/t4-;;/m0../s1. The third kappa shape index (κ3) is 2.77. The molecule has 1 atom stereocenters. The van der Waals surface area contributed by atoms with Crippen LogP contribution in [0, 0.1) is 0 Å². The summed E-state index contributed by atoms with van der Waals surface area (Å²) in [7, 11) is -4.29. The summed E-state index contributed by atoms with van der Waals surface area (Å²) in [6.07, 6.45) is 0.131. The van der Waals surface area contributed by atoms with Gasteiger partial charge in [0.05, 0.1) is 12.7 Å². The van der Waals surface area contributed by atoms with Gasteiger partial charge in [0, 0.05) is 9.46 Å². The van der Waals surface area contributed by atoms with Crippen molar-refractivity contribution >= 4 is 7.82 Å². The maximum Gasteiger partial charge on any atom is 0.469 e. The van der Waals surface area contributed by atoms with Crippen molar-refractivity contribution in [1.82, 2.24) is 0 Å². The maximum atomic E-state index is 10.2. The Morgan fingerprint density at radius 1 is 1.70 bits per heavy atom. The molecule has 0 radical (unpaired) electrons. The summed E-state index contributed by atoms with van der Waals surface area (Å²) in [4.78, 5) is 16.6. The molecular formula is C4H13O5P. The monoisotopic (exact) mass is 172 g/mol. The lowest BCUT2D eigenvalue weighted by atomic mass is 10.3. The van der Waals surface area contributed by atoms with Gasteiger partial charge >= 0.3 is 7.82 Å². The molecule has 2 N–H and O–H groups in total. The van der Waals surface area contributed by atoms with E-state index in [1.807, 2.05) is 0 Å². The van der Waals surface area contributed by atoms with Gasteiger partial charge in [-0.15, -0.1) is 0 Å². The van der Waals surface area contributed by atoms with Crippen molar-refractivity contribution in [3.8, 4) is 0 Å². The summed E-state index contributed by atoms with van der Waals surface area (Å²) in [5.74, 6) is 0. The Balaban J connectivity index is 0. The summed E-state index contributed by atoms with van der Waals surface area (Å²) in [5, 5.41) is 0. The van der Waals surface area contributed by atoms with Gasteiger partial charge in [0.1, 0.15) is 0 Å². The first-order valence-corrected chi connectivity index (χ1v) is 4.42. The average Bonchev–Trinajstić information content (AvgIpc) is 2.12. The molecule has 0 bridgehead atoms. The molecule has 1 heterocycles. The van der Waals surface area contributed by atoms with Crippen LogP contribution < -0.4 is 0 Å². The molecule has 10 heavy (non-hydrogen) atoms. The zero-order valence-electron chi connectivity index (χ0n) is 5.27. The second-order valence-corrected chi connectivity index (χ2v) is 3.27. The molecule has 6 heteroatoms. The van der Waals surface area contributed by atoms with Crippen LogP contribution in [-0.2, 0) is 13.8 Å². The van der Waals surface area contributed by atoms with Crippen LogP contribution in [-0.4, -0.2) is 29.1 Å². The normalized spacial score (nSPS) is 27.2. The Morgan fingerprint density at radius 2 is 2.40 bits per heavy atom. The Labute approximate surface area is 61.2 Å². The topological polar surface area (TPSA) is 76.0 Å². The van der Waals surface area contributed by atoms with Crippen LogP contribution in [0.15, 0.2) is 0 Å². The first kappa shape index (κ1) is 8.17. The number of phosphoric ester groups is 1. The van der Waals surface area contributed by atoms with Gasteiger partial charge < -0.3 is 14.5 Å². The van der Waals surface area contributed by atoms with Crippen LogP contribution in [0.4, 0.5) is 0 Å². The highest BCUT2D eigenvalue weighted by molar-refractivity contribution is 7.46. The van der Waals surface area contributed by atoms with E-state index in [1.165, 1.54) is 0 Å². The molecule has 0 aromatic carbocycles. The second kappa shape index (κ2) is 2.98. The van der Waals surface area contributed by atoms with Crippen LogP contribution in [0.3, 0.4) is 0 Å². The molecule has 0 spiro atoms. The number of hydrogen-bond acceptors (Lipinski definition) is 3. The molecule has 0 unspecified atom stereocenters. The van der Waals surface area contributed by atoms with Crippen LogP contribution in [0.2, 0.25) is 0 Å². The van der Waals surface area contributed by atoms with Gasteiger partial charge in [0.15, 0.2) is 0 Å². The lowest BCUT2D eigenvalue weighted by molar-refractivity contribution is 0.108. The smallest absolute Gasteiger partial charge is 0.379 e. The lowest BCUT2D eigenvalue weighted by Crippen LogP contribution is -2.09. The van der Waals surface area contributed by atoms with Crippen molar-refractivity contribution in [3.63, 3.8) is 0 Å². The van der Waals surface area contributed by atoms with Crippen molar-refractivity contribution < 1.29 is 26.5 Å². The molecule has 0 amide bonds. The minimum absolute atomic E-state index is 0. The molecule has 0 saturated carbocycles. The van der Waals surface area contributed by atoms with E-state index in [4.69, 9.17) is 14.5 Å². The summed E-state index contributed by atoms with van der Waals surface area (Å²) >= 11 is 0. The van der Waals surface area contributed by atoms with Gasteiger partial charge in [0.25, 0.3) is 0 Å². The van der Waals surface area contributed by atoms with Crippen molar-refractivity contribution in [1.29, 1.82) is 0 Å². The Kier molecular flexibility index (Phi) is 2.44. The molecule has 1 fully saturated rings. The van der Waals surface area contributed by atoms with E-state index in [0.717, 1.165) is 0 Å². The number of phosphoric acid groups is 1. The fourth-order valence-corrected chi connectivity index (χ4v) is 1.34. The highest BCUT2D eigenvalue weighted by Gasteiger charge is 2.25. The molecule has 0 aliphatic carbocycles. The van der Waals surface area contributed by atoms with Crippen LogP contribution >= 0.6 is 7.82 Å². The van der Waals surface area contributed by atoms with Gasteiger partial charge in [-0.25, -0.2) is 4.57 Å². The van der Waals surface area contributed by atoms with Crippen molar-refractivity contribution in [2.75, 3.05) is 13.2 Å². The predicted octanol–water partition coefficient (Wildman–Crippen LogP) is 0.377. The Morgan fingerprint density at radius 3 is 2.80 bits per heavy atom. The fraction of sp³-hybridized carbons (Fsp3) is 1.00. The quantitative estimate of drug-likeness (QED) is 0.588. The summed E-state index contributed by atoms with van der Waals surface area (Å²) in [6, 6.07) is 0. The zero-order valence-corrected chi connectivity index (χ0v) is 6.16. The molecule has 1 aliphatic heterocycles. The third-order valence-corrected chi connectivity index (χ3v) is 1.75. The lowest BCUT2D eigenvalue weighted by Gasteiger charge is -2.09. The SMILES string of the molecule is O=P(O)(O)O[C@H]1CCOC1.[HH].[HH]. The molecule has 1 rings (SSSR count). The maximum absolute atomic E-state index is 10.2. The van der Waals surface area contributed by atoms with E-state index < -0.39 is 13.9 Å². The molecule has 1 saturated heterocycles. The molecular weight excluding hydrogens is 159 g/mol. The summed E-state index contributed by atoms with van der Waals surface area (Å²) in [6.45, 7) is 0.801. The highest BCUT2D eigenvalue weighted by atomic mass is 31.2. The van der Waals surface area contributed by atoms with E-state index in [9.17, 15) is 4.57 Å². The number of rotatable bonds is 2. The largest absolute Gasteiger partial charge is 0.469 e. The molecule has 1 aliphatic rings. The minimum atomic E-state index is -4.29. The molecule has 0 aromatic rings. The summed E-state index contributed by atoms with van der Waals surface area (Å²) < 4.78 is 19.4. The van der Waals surface area contributed by atoms with Gasteiger partial charge in [-0.05, 0) is 6.42 Å². The van der Waals surface area contributed by atoms with Crippen LogP contribution in [0.25, 0.3) is 0 Å². The van der Waals surface area contributed by atoms with Crippen molar-refractivity contribution in [3.05, 3.63) is 0 Å². The highest BCUT2D eigenvalue weighted by Crippen LogP contribution is 2.38. The Bertz CT molecular complexity index is 154. The Hall–Kier alpha value is 0.0700. The van der Waals surface area contributed by atoms with Gasteiger partial charge in [-0.3, -0.25) is 4.52 Å². The predicted molar refractivity (Wildman–Crippen MR) is 36.6 cm³/mol. The van der Waals surface area contributed by atoms with E-state index >= 15 is 0 Å². The molecule has 64 valence electrons. The zero-order chi connectivity index (χ0) is 7.61. The third-order valence-electron chi connectivity index (χ3n) is 1.17. The fourth-order valence-electron chi connectivity index (χ4n) is 0.790. The molecule has 0 aromatic heterocycles. The second-order valence-electron chi connectivity index (χ2n) is 2.08. The van der Waals surface area contributed by atoms with E-state index in [0.29, 0.717) is 13.0 Å². The van der Waals surface area contributed by atoms with E-state index in [2.05, 4.69) is 4.52 Å². The van der Waals surface area contributed by atoms with Crippen molar-refractivity contribution in [2.45, 2.75) is 12.5 Å². The molecule has 5 nitrogen and oxygen atoms in total. The van der Waals surface area contributed by atoms with Crippen molar-refractivity contribution in [2.24, 2.45) is 0 Å². The first-order valence-electron chi connectivity index (χ1n) is 2.89. The summed E-state index contributed by atoms with van der Waals surface area (Å²) in [5.41, 5.74) is 0. The van der Waals surface area contributed by atoms with Gasteiger partial charge in [-0.1, -0.05) is 0 Å². The minimum Gasteiger partial charge on any atom is -0.379 e. The van der Waals surface area contributed by atoms with Gasteiger partial charge in [0.2, 0.25) is 0 Å². The first-order chi connectivity index (χ1) is 4.58. The average molecular weight is 172 g/mol. The number of ether oxygens (including phenoxy) is 1.